The highest BCUT2D eigenvalue weighted by Crippen LogP contribution is 2.30. The zero-order valence-corrected chi connectivity index (χ0v) is 13.1. The van der Waals surface area contributed by atoms with Crippen molar-refractivity contribution in [1.29, 1.82) is 0 Å². The number of rotatable bonds is 4. The van der Waals surface area contributed by atoms with Gasteiger partial charge < -0.3 is 15.8 Å². The van der Waals surface area contributed by atoms with Crippen molar-refractivity contribution in [2.45, 2.75) is 25.0 Å². The van der Waals surface area contributed by atoms with Gasteiger partial charge in [-0.15, -0.1) is 0 Å². The summed E-state index contributed by atoms with van der Waals surface area (Å²) < 4.78 is 9.54. The first kappa shape index (κ1) is 14.0. The molecule has 8 nitrogen and oxygen atoms in total. The summed E-state index contributed by atoms with van der Waals surface area (Å²) in [7, 11) is 3.84. The lowest BCUT2D eigenvalue weighted by atomic mass is 9.89. The summed E-state index contributed by atoms with van der Waals surface area (Å²) in [5, 5.41) is 11.7. The molecule has 8 heteroatoms. The fourth-order valence-electron chi connectivity index (χ4n) is 2.82. The Morgan fingerprint density at radius 3 is 2.87 bits per heavy atom. The smallest absolute Gasteiger partial charge is 0.241 e. The summed E-state index contributed by atoms with van der Waals surface area (Å²) in [4.78, 5) is 4.66. The average Bonchev–Trinajstić information content (AvgIpc) is 3.06. The summed E-state index contributed by atoms with van der Waals surface area (Å²) in [5.74, 6) is 1.01. The number of nitrogens with zero attached hydrogens (tertiary/aromatic N) is 5. The average molecular weight is 313 g/mol. The van der Waals surface area contributed by atoms with E-state index in [0.717, 1.165) is 29.6 Å². The minimum atomic E-state index is 0.170. The predicted molar refractivity (Wildman–Crippen MR) is 86.1 cm³/mol. The van der Waals surface area contributed by atoms with Gasteiger partial charge in [0.1, 0.15) is 17.4 Å². The van der Waals surface area contributed by atoms with Crippen LogP contribution in [0.2, 0.25) is 0 Å². The number of nitrogen functional groups attached to an aromatic ring is 1. The van der Waals surface area contributed by atoms with Crippen LogP contribution in [0, 0.1) is 0 Å². The fraction of sp³-hybridized carbons (Fsp3) is 0.400. The van der Waals surface area contributed by atoms with Crippen molar-refractivity contribution in [2.75, 3.05) is 12.8 Å². The topological polar surface area (TPSA) is 95.3 Å². The number of aryl methyl sites for hydroxylation is 1. The minimum absolute atomic E-state index is 0.170. The van der Waals surface area contributed by atoms with Crippen LogP contribution in [0.4, 0.5) is 5.82 Å². The molecular formula is C15H19N7O. The van der Waals surface area contributed by atoms with Crippen LogP contribution in [0.3, 0.4) is 0 Å². The number of nitrogens with one attached hydrogen (secondary N) is 1. The van der Waals surface area contributed by atoms with E-state index < -0.39 is 0 Å². The van der Waals surface area contributed by atoms with Crippen molar-refractivity contribution in [3.05, 3.63) is 24.7 Å². The lowest BCUT2D eigenvalue weighted by molar-refractivity contribution is 0.0852. The molecule has 3 aromatic rings. The number of anilines is 1. The maximum absolute atomic E-state index is 6.08. The SMILES string of the molecule is CN[C@H]1C[C@@H](Oc2nc(-c3cnn(C)c3)cn3nc(N)cc23)C1. The van der Waals surface area contributed by atoms with E-state index in [0.29, 0.717) is 17.7 Å². The largest absolute Gasteiger partial charge is 0.473 e. The Morgan fingerprint density at radius 2 is 2.17 bits per heavy atom. The third-order valence-corrected chi connectivity index (χ3v) is 4.22. The lowest BCUT2D eigenvalue weighted by Crippen LogP contribution is -2.45. The molecule has 3 aromatic heterocycles. The molecule has 3 N–H and O–H groups in total. The summed E-state index contributed by atoms with van der Waals surface area (Å²) in [6.07, 6.45) is 7.64. The van der Waals surface area contributed by atoms with Crippen molar-refractivity contribution >= 4 is 11.3 Å². The monoisotopic (exact) mass is 313 g/mol. The molecular weight excluding hydrogens is 294 g/mol. The summed E-state index contributed by atoms with van der Waals surface area (Å²) in [6.45, 7) is 0. The van der Waals surface area contributed by atoms with Gasteiger partial charge in [0.25, 0.3) is 0 Å². The highest BCUT2D eigenvalue weighted by molar-refractivity contribution is 5.66. The van der Waals surface area contributed by atoms with Crippen LogP contribution >= 0.6 is 0 Å². The third kappa shape index (κ3) is 2.50. The van der Waals surface area contributed by atoms with Gasteiger partial charge in [-0.2, -0.15) is 10.2 Å². The van der Waals surface area contributed by atoms with Gasteiger partial charge >= 0.3 is 0 Å². The van der Waals surface area contributed by atoms with Crippen LogP contribution < -0.4 is 15.8 Å². The van der Waals surface area contributed by atoms with E-state index in [1.165, 1.54) is 0 Å². The molecule has 3 heterocycles. The maximum Gasteiger partial charge on any atom is 0.241 e. The molecule has 0 saturated heterocycles. The molecule has 0 amide bonds. The highest BCUT2D eigenvalue weighted by atomic mass is 16.5. The van der Waals surface area contributed by atoms with Crippen molar-refractivity contribution < 1.29 is 4.74 Å². The molecule has 0 bridgehead atoms. The van der Waals surface area contributed by atoms with Gasteiger partial charge in [-0.25, -0.2) is 9.50 Å². The van der Waals surface area contributed by atoms with E-state index in [2.05, 4.69) is 20.5 Å². The first-order valence-corrected chi connectivity index (χ1v) is 7.61. The first-order chi connectivity index (χ1) is 11.1. The molecule has 0 radical (unpaired) electrons. The van der Waals surface area contributed by atoms with Gasteiger partial charge in [0.15, 0.2) is 0 Å². The Morgan fingerprint density at radius 1 is 1.35 bits per heavy atom. The van der Waals surface area contributed by atoms with Crippen LogP contribution in [-0.4, -0.2) is 43.6 Å². The Kier molecular flexibility index (Phi) is 3.19. The molecule has 0 atom stereocenters. The normalized spacial score (nSPS) is 20.6. The van der Waals surface area contributed by atoms with Gasteiger partial charge in [0, 0.05) is 30.9 Å². The van der Waals surface area contributed by atoms with Crippen molar-refractivity contribution in [3.63, 3.8) is 0 Å². The summed E-state index contributed by atoms with van der Waals surface area (Å²) in [6, 6.07) is 2.30. The second-order valence-electron chi connectivity index (χ2n) is 5.93. The van der Waals surface area contributed by atoms with E-state index >= 15 is 0 Å². The van der Waals surface area contributed by atoms with Crippen LogP contribution in [0.25, 0.3) is 16.8 Å². The standard InChI is InChI=1S/C15H19N7O/c1-17-10-3-11(4-10)23-15-13-5-14(16)20-22(13)8-12(19-15)9-6-18-21(2)7-9/h5-8,10-11,17H,3-4H2,1-2H3,(H2,16,20)/t10-,11+. The number of ether oxygens (including phenoxy) is 1. The zero-order valence-electron chi connectivity index (χ0n) is 13.1. The molecule has 0 spiro atoms. The zero-order chi connectivity index (χ0) is 16.0. The van der Waals surface area contributed by atoms with E-state index in [4.69, 9.17) is 10.5 Å². The second-order valence-corrected chi connectivity index (χ2v) is 5.93. The molecule has 4 rings (SSSR count). The number of hydrogen-bond donors (Lipinski definition) is 2. The van der Waals surface area contributed by atoms with E-state index in [1.807, 2.05) is 26.5 Å². The molecule has 120 valence electrons. The van der Waals surface area contributed by atoms with E-state index in [-0.39, 0.29) is 6.10 Å². The molecule has 0 aliphatic heterocycles. The number of aromatic nitrogens is 5. The Labute approximate surface area is 133 Å². The Balaban J connectivity index is 1.72. The quantitative estimate of drug-likeness (QED) is 0.741. The van der Waals surface area contributed by atoms with Gasteiger partial charge in [-0.05, 0) is 19.9 Å². The van der Waals surface area contributed by atoms with Crippen molar-refractivity contribution in [1.82, 2.24) is 29.7 Å². The van der Waals surface area contributed by atoms with E-state index in [9.17, 15) is 0 Å². The fourth-order valence-corrected chi connectivity index (χ4v) is 2.82. The molecule has 23 heavy (non-hydrogen) atoms. The number of fused-ring (bicyclic) bond motifs is 1. The van der Waals surface area contributed by atoms with Gasteiger partial charge in [-0.1, -0.05) is 0 Å². The van der Waals surface area contributed by atoms with Gasteiger partial charge in [0.05, 0.1) is 18.1 Å². The van der Waals surface area contributed by atoms with Gasteiger partial charge in [-0.3, -0.25) is 4.68 Å². The lowest BCUT2D eigenvalue weighted by Gasteiger charge is -2.34. The first-order valence-electron chi connectivity index (χ1n) is 7.61. The Hall–Kier alpha value is -2.61. The summed E-state index contributed by atoms with van der Waals surface area (Å²) in [5.41, 5.74) is 8.28. The molecule has 0 unspecified atom stereocenters. The second kappa shape index (κ2) is 5.24. The molecule has 1 aliphatic rings. The number of nitrogens with two attached hydrogens (primary N) is 1. The summed E-state index contributed by atoms with van der Waals surface area (Å²) >= 11 is 0. The third-order valence-electron chi connectivity index (χ3n) is 4.22. The molecule has 0 aromatic carbocycles. The van der Waals surface area contributed by atoms with E-state index in [1.54, 1.807) is 21.5 Å². The van der Waals surface area contributed by atoms with Crippen LogP contribution in [-0.2, 0) is 7.05 Å². The molecule has 1 saturated carbocycles. The minimum Gasteiger partial charge on any atom is -0.473 e. The van der Waals surface area contributed by atoms with Crippen LogP contribution in [0.5, 0.6) is 5.88 Å². The van der Waals surface area contributed by atoms with Crippen molar-refractivity contribution in [3.8, 4) is 17.1 Å². The number of hydrogen-bond acceptors (Lipinski definition) is 6. The predicted octanol–water partition coefficient (Wildman–Crippen LogP) is 0.841. The van der Waals surface area contributed by atoms with Crippen molar-refractivity contribution in [2.24, 2.45) is 7.05 Å². The van der Waals surface area contributed by atoms with Gasteiger partial charge in [0.2, 0.25) is 5.88 Å². The molecule has 1 aliphatic carbocycles. The maximum atomic E-state index is 6.08. The van der Waals surface area contributed by atoms with Crippen LogP contribution in [0.15, 0.2) is 24.7 Å². The molecule has 1 fully saturated rings. The Bertz CT molecular complexity index is 847. The van der Waals surface area contributed by atoms with Crippen LogP contribution in [0.1, 0.15) is 12.8 Å². The highest BCUT2D eigenvalue weighted by Gasteiger charge is 2.30.